The molecule has 1 N–H and O–H groups in total. The Hall–Kier alpha value is -2.75. The fourth-order valence-electron chi connectivity index (χ4n) is 2.73. The number of rotatable bonds is 3. The van der Waals surface area contributed by atoms with Crippen molar-refractivity contribution in [1.82, 2.24) is 5.43 Å². The van der Waals surface area contributed by atoms with Crippen LogP contribution in [0.5, 0.6) is 0 Å². The molecule has 0 radical (unpaired) electrons. The van der Waals surface area contributed by atoms with Gasteiger partial charge in [0.05, 0.1) is 5.71 Å². The third kappa shape index (κ3) is 2.22. The highest BCUT2D eigenvalue weighted by atomic mass is 16.2. The van der Waals surface area contributed by atoms with Crippen LogP contribution in [0.15, 0.2) is 53.6 Å². The van der Waals surface area contributed by atoms with Crippen molar-refractivity contribution < 1.29 is 9.59 Å². The van der Waals surface area contributed by atoms with Crippen LogP contribution in [0.1, 0.15) is 31.8 Å². The third-order valence-corrected chi connectivity index (χ3v) is 3.84. The first-order valence-electron chi connectivity index (χ1n) is 7.12. The van der Waals surface area contributed by atoms with Gasteiger partial charge in [-0.05, 0) is 12.5 Å². The topological polar surface area (TPSA) is 58.5 Å². The van der Waals surface area contributed by atoms with E-state index in [4.69, 9.17) is 0 Å². The smallest absolute Gasteiger partial charge is 0.180 e. The SMILES string of the molecule is CNN=C(c1ccc(C)cc1)C1C(=O)c2ccccc2C1=O. The summed E-state index contributed by atoms with van der Waals surface area (Å²) in [7, 11) is 1.66. The third-order valence-electron chi connectivity index (χ3n) is 3.84. The second-order valence-corrected chi connectivity index (χ2v) is 5.29. The van der Waals surface area contributed by atoms with E-state index in [2.05, 4.69) is 10.5 Å². The largest absolute Gasteiger partial charge is 0.313 e. The molecular formula is C18H16N2O2. The van der Waals surface area contributed by atoms with Gasteiger partial charge in [-0.2, -0.15) is 5.10 Å². The number of nitrogens with one attached hydrogen (secondary N) is 1. The fraction of sp³-hybridized carbons (Fsp3) is 0.167. The molecule has 4 nitrogen and oxygen atoms in total. The van der Waals surface area contributed by atoms with Gasteiger partial charge in [0.1, 0.15) is 5.92 Å². The number of fused-ring (bicyclic) bond motifs is 1. The maximum Gasteiger partial charge on any atom is 0.180 e. The van der Waals surface area contributed by atoms with Gasteiger partial charge in [0.15, 0.2) is 11.6 Å². The fourth-order valence-corrected chi connectivity index (χ4v) is 2.73. The number of aryl methyl sites for hydroxylation is 1. The molecule has 2 aromatic rings. The molecule has 0 amide bonds. The molecule has 0 aliphatic heterocycles. The molecule has 0 aromatic heterocycles. The van der Waals surface area contributed by atoms with Crippen molar-refractivity contribution in [3.63, 3.8) is 0 Å². The van der Waals surface area contributed by atoms with E-state index >= 15 is 0 Å². The Morgan fingerprint density at radius 1 is 0.955 bits per heavy atom. The lowest BCUT2D eigenvalue weighted by Gasteiger charge is -2.12. The van der Waals surface area contributed by atoms with Gasteiger partial charge in [-0.15, -0.1) is 0 Å². The van der Waals surface area contributed by atoms with Crippen LogP contribution in [0.3, 0.4) is 0 Å². The quantitative estimate of drug-likeness (QED) is 0.537. The lowest BCUT2D eigenvalue weighted by atomic mass is 9.92. The molecule has 22 heavy (non-hydrogen) atoms. The highest BCUT2D eigenvalue weighted by molar-refractivity contribution is 6.38. The van der Waals surface area contributed by atoms with E-state index in [1.165, 1.54) is 0 Å². The molecule has 0 unspecified atom stereocenters. The highest BCUT2D eigenvalue weighted by Gasteiger charge is 2.42. The standard InChI is InChI=1S/C18H16N2O2/c1-11-7-9-12(10-8-11)16(20-19-2)15-17(21)13-5-3-4-6-14(13)18(15)22/h3-10,15,19H,1-2H3. The van der Waals surface area contributed by atoms with Crippen LogP contribution in [0.4, 0.5) is 0 Å². The first-order valence-corrected chi connectivity index (χ1v) is 7.12. The number of hydrogen-bond acceptors (Lipinski definition) is 4. The van der Waals surface area contributed by atoms with Gasteiger partial charge in [-0.3, -0.25) is 9.59 Å². The first-order chi connectivity index (χ1) is 10.6. The second kappa shape index (κ2) is 5.56. The van der Waals surface area contributed by atoms with Gasteiger partial charge < -0.3 is 5.43 Å². The molecule has 3 rings (SSSR count). The molecule has 0 saturated carbocycles. The molecule has 2 aromatic carbocycles. The first kappa shape index (κ1) is 14.2. The van der Waals surface area contributed by atoms with Crippen molar-refractivity contribution in [3.8, 4) is 0 Å². The Bertz CT molecular complexity index is 741. The Kier molecular flexibility index (Phi) is 3.59. The predicted molar refractivity (Wildman–Crippen MR) is 85.4 cm³/mol. The number of hydrogen-bond donors (Lipinski definition) is 1. The summed E-state index contributed by atoms with van der Waals surface area (Å²) in [6, 6.07) is 14.6. The molecule has 0 saturated heterocycles. The van der Waals surface area contributed by atoms with Gasteiger partial charge in [0.2, 0.25) is 0 Å². The summed E-state index contributed by atoms with van der Waals surface area (Å²) in [5.41, 5.74) is 6.02. The average molecular weight is 292 g/mol. The van der Waals surface area contributed by atoms with Crippen LogP contribution in [0.2, 0.25) is 0 Å². The summed E-state index contributed by atoms with van der Waals surface area (Å²) in [5.74, 6) is -1.24. The Morgan fingerprint density at radius 3 is 2.00 bits per heavy atom. The normalized spacial score (nSPS) is 15.1. The Morgan fingerprint density at radius 2 is 1.50 bits per heavy atom. The van der Waals surface area contributed by atoms with E-state index in [1.807, 2.05) is 31.2 Å². The van der Waals surface area contributed by atoms with E-state index in [9.17, 15) is 9.59 Å². The molecule has 0 fully saturated rings. The van der Waals surface area contributed by atoms with Gasteiger partial charge in [-0.1, -0.05) is 54.1 Å². The van der Waals surface area contributed by atoms with E-state index in [0.29, 0.717) is 16.8 Å². The molecule has 0 spiro atoms. The van der Waals surface area contributed by atoms with E-state index in [0.717, 1.165) is 11.1 Å². The number of benzene rings is 2. The van der Waals surface area contributed by atoms with E-state index in [1.54, 1.807) is 31.3 Å². The monoisotopic (exact) mass is 292 g/mol. The predicted octanol–water partition coefficient (Wildman–Crippen LogP) is 2.61. The molecule has 0 heterocycles. The van der Waals surface area contributed by atoms with Gasteiger partial charge in [0.25, 0.3) is 0 Å². The van der Waals surface area contributed by atoms with Crippen LogP contribution in [-0.2, 0) is 0 Å². The minimum atomic E-state index is -0.868. The Labute approximate surface area is 128 Å². The highest BCUT2D eigenvalue weighted by Crippen LogP contribution is 2.29. The molecule has 0 atom stereocenters. The van der Waals surface area contributed by atoms with Gasteiger partial charge in [-0.25, -0.2) is 0 Å². The maximum atomic E-state index is 12.6. The van der Waals surface area contributed by atoms with Gasteiger partial charge >= 0.3 is 0 Å². The van der Waals surface area contributed by atoms with E-state index < -0.39 is 5.92 Å². The number of Topliss-reactive ketones (excluding diaryl/α,β-unsaturated/α-hetero) is 2. The van der Waals surface area contributed by atoms with Crippen molar-refractivity contribution in [3.05, 3.63) is 70.8 Å². The average Bonchev–Trinajstić information content (AvgIpc) is 2.78. The molecule has 1 aliphatic carbocycles. The molecule has 0 bridgehead atoms. The van der Waals surface area contributed by atoms with Crippen molar-refractivity contribution in [2.75, 3.05) is 7.05 Å². The van der Waals surface area contributed by atoms with Crippen LogP contribution in [-0.4, -0.2) is 24.3 Å². The molecular weight excluding hydrogens is 276 g/mol. The molecule has 1 aliphatic rings. The minimum Gasteiger partial charge on any atom is -0.313 e. The number of ketones is 2. The summed E-state index contributed by atoms with van der Waals surface area (Å²) in [4.78, 5) is 25.3. The Balaban J connectivity index is 2.08. The van der Waals surface area contributed by atoms with Crippen LogP contribution in [0, 0.1) is 12.8 Å². The van der Waals surface area contributed by atoms with Crippen LogP contribution >= 0.6 is 0 Å². The summed E-state index contributed by atoms with van der Waals surface area (Å²) in [6.07, 6.45) is 0. The number of hydrazone groups is 1. The number of carbonyl (C=O) groups is 2. The van der Waals surface area contributed by atoms with Crippen LogP contribution < -0.4 is 5.43 Å². The minimum absolute atomic E-state index is 0.185. The molecule has 110 valence electrons. The zero-order valence-corrected chi connectivity index (χ0v) is 12.5. The lowest BCUT2D eigenvalue weighted by molar-refractivity contribution is 0.0883. The van der Waals surface area contributed by atoms with E-state index in [-0.39, 0.29) is 11.6 Å². The summed E-state index contributed by atoms with van der Waals surface area (Å²) < 4.78 is 0. The summed E-state index contributed by atoms with van der Waals surface area (Å²) in [5, 5.41) is 4.21. The van der Waals surface area contributed by atoms with Gasteiger partial charge in [0, 0.05) is 18.2 Å². The number of nitrogens with zero attached hydrogens (tertiary/aromatic N) is 1. The zero-order valence-electron chi connectivity index (χ0n) is 12.5. The summed E-state index contributed by atoms with van der Waals surface area (Å²) in [6.45, 7) is 1.99. The molecule has 4 heteroatoms. The maximum absolute atomic E-state index is 12.6. The summed E-state index contributed by atoms with van der Waals surface area (Å²) >= 11 is 0. The number of carbonyl (C=O) groups excluding carboxylic acids is 2. The van der Waals surface area contributed by atoms with Crippen molar-refractivity contribution in [1.29, 1.82) is 0 Å². The van der Waals surface area contributed by atoms with Crippen molar-refractivity contribution in [2.24, 2.45) is 11.0 Å². The van der Waals surface area contributed by atoms with Crippen molar-refractivity contribution >= 4 is 17.3 Å². The zero-order chi connectivity index (χ0) is 15.7. The van der Waals surface area contributed by atoms with Crippen molar-refractivity contribution in [2.45, 2.75) is 6.92 Å². The van der Waals surface area contributed by atoms with Crippen LogP contribution in [0.25, 0.3) is 0 Å². The second-order valence-electron chi connectivity index (χ2n) is 5.29. The lowest BCUT2D eigenvalue weighted by Crippen LogP contribution is -2.28.